The molecule has 3 amide bonds. The maximum Gasteiger partial charge on any atom is 0.316 e. The van der Waals surface area contributed by atoms with Gasteiger partial charge in [-0.15, -0.1) is 10.2 Å². The third kappa shape index (κ3) is 3.53. The number of carbonyl (C=O) groups excluding carboxylic acids is 2. The number of H-pyrrole nitrogens is 1. The second kappa shape index (κ2) is 6.57. The van der Waals surface area contributed by atoms with E-state index >= 15 is 0 Å². The molecule has 1 aromatic heterocycles. The van der Waals surface area contributed by atoms with Crippen LogP contribution in [0.3, 0.4) is 0 Å². The summed E-state index contributed by atoms with van der Waals surface area (Å²) in [5.41, 5.74) is 7.28. The second-order valence-electron chi connectivity index (χ2n) is 4.84. The predicted octanol–water partition coefficient (Wildman–Crippen LogP) is 1.61. The van der Waals surface area contributed by atoms with Gasteiger partial charge in [-0.25, -0.2) is 4.79 Å². The Labute approximate surface area is 136 Å². The minimum absolute atomic E-state index is 0.310. The summed E-state index contributed by atoms with van der Waals surface area (Å²) in [4.78, 5) is 23.1. The summed E-state index contributed by atoms with van der Waals surface area (Å²) in [5, 5.41) is 18.8. The molecule has 0 aliphatic rings. The van der Waals surface area contributed by atoms with Crippen molar-refractivity contribution >= 4 is 23.3 Å². The van der Waals surface area contributed by atoms with Gasteiger partial charge in [-0.1, -0.05) is 6.07 Å². The maximum atomic E-state index is 12.3. The number of urea groups is 1. The van der Waals surface area contributed by atoms with Crippen molar-refractivity contribution in [3.63, 3.8) is 0 Å². The Morgan fingerprint density at radius 1 is 1.00 bits per heavy atom. The van der Waals surface area contributed by atoms with Crippen molar-refractivity contribution in [2.45, 2.75) is 0 Å². The SMILES string of the molecule is NC(=O)Nc1cccc(C(=O)Nc2ccc(-c3nn[nH]n3)cc2)c1. The molecule has 0 bridgehead atoms. The number of nitrogens with two attached hydrogens (primary N) is 1. The lowest BCUT2D eigenvalue weighted by molar-refractivity contribution is 0.102. The van der Waals surface area contributed by atoms with E-state index in [1.807, 2.05) is 0 Å². The molecule has 5 N–H and O–H groups in total. The van der Waals surface area contributed by atoms with Crippen LogP contribution in [0.1, 0.15) is 10.4 Å². The Bertz CT molecular complexity index is 860. The number of tetrazole rings is 1. The van der Waals surface area contributed by atoms with Crippen LogP contribution in [0, 0.1) is 0 Å². The number of benzene rings is 2. The van der Waals surface area contributed by atoms with Crippen LogP contribution in [-0.2, 0) is 0 Å². The minimum Gasteiger partial charge on any atom is -0.351 e. The number of aromatic amines is 1. The topological polar surface area (TPSA) is 139 Å². The Hall–Kier alpha value is -3.75. The molecule has 3 rings (SSSR count). The summed E-state index contributed by atoms with van der Waals surface area (Å²) in [7, 11) is 0. The normalized spacial score (nSPS) is 10.2. The van der Waals surface area contributed by atoms with E-state index in [1.165, 1.54) is 6.07 Å². The van der Waals surface area contributed by atoms with Crippen molar-refractivity contribution in [3.8, 4) is 11.4 Å². The first kappa shape index (κ1) is 15.2. The van der Waals surface area contributed by atoms with Gasteiger partial charge in [-0.2, -0.15) is 5.21 Å². The van der Waals surface area contributed by atoms with E-state index in [4.69, 9.17) is 5.73 Å². The molecule has 0 unspecified atom stereocenters. The molecule has 2 aromatic carbocycles. The molecule has 0 atom stereocenters. The highest BCUT2D eigenvalue weighted by Crippen LogP contribution is 2.18. The molecule has 0 aliphatic carbocycles. The highest BCUT2D eigenvalue weighted by atomic mass is 16.2. The summed E-state index contributed by atoms with van der Waals surface area (Å²) in [6.07, 6.45) is 0. The Balaban J connectivity index is 1.71. The number of nitrogens with one attached hydrogen (secondary N) is 3. The van der Waals surface area contributed by atoms with Crippen LogP contribution < -0.4 is 16.4 Å². The van der Waals surface area contributed by atoms with E-state index in [0.717, 1.165) is 5.56 Å². The van der Waals surface area contributed by atoms with Crippen LogP contribution in [0.2, 0.25) is 0 Å². The molecule has 9 nitrogen and oxygen atoms in total. The van der Waals surface area contributed by atoms with Crippen molar-refractivity contribution in [3.05, 3.63) is 54.1 Å². The lowest BCUT2D eigenvalue weighted by Gasteiger charge is -2.07. The third-order valence-corrected chi connectivity index (χ3v) is 3.14. The Morgan fingerprint density at radius 2 is 1.79 bits per heavy atom. The van der Waals surface area contributed by atoms with Gasteiger partial charge in [0.15, 0.2) is 0 Å². The van der Waals surface area contributed by atoms with Gasteiger partial charge in [0.25, 0.3) is 5.91 Å². The fourth-order valence-corrected chi connectivity index (χ4v) is 2.07. The Kier molecular flexibility index (Phi) is 4.15. The molecule has 0 saturated heterocycles. The fourth-order valence-electron chi connectivity index (χ4n) is 2.07. The largest absolute Gasteiger partial charge is 0.351 e. The van der Waals surface area contributed by atoms with E-state index in [1.54, 1.807) is 42.5 Å². The molecule has 24 heavy (non-hydrogen) atoms. The zero-order chi connectivity index (χ0) is 16.9. The average molecular weight is 323 g/mol. The van der Waals surface area contributed by atoms with Crippen molar-refractivity contribution in [2.75, 3.05) is 10.6 Å². The number of primary amides is 1. The van der Waals surface area contributed by atoms with E-state index in [2.05, 4.69) is 31.3 Å². The lowest BCUT2D eigenvalue weighted by atomic mass is 10.1. The van der Waals surface area contributed by atoms with Crippen LogP contribution in [0.5, 0.6) is 0 Å². The van der Waals surface area contributed by atoms with Gasteiger partial charge in [0.2, 0.25) is 5.82 Å². The van der Waals surface area contributed by atoms with Crippen LogP contribution in [0.15, 0.2) is 48.5 Å². The number of hydrogen-bond donors (Lipinski definition) is 4. The van der Waals surface area contributed by atoms with E-state index in [9.17, 15) is 9.59 Å². The number of nitrogens with zero attached hydrogens (tertiary/aromatic N) is 3. The number of aromatic nitrogens is 4. The van der Waals surface area contributed by atoms with E-state index in [0.29, 0.717) is 22.8 Å². The first-order valence-electron chi connectivity index (χ1n) is 6.93. The van der Waals surface area contributed by atoms with Crippen molar-refractivity contribution in [1.29, 1.82) is 0 Å². The van der Waals surface area contributed by atoms with E-state index < -0.39 is 6.03 Å². The highest BCUT2D eigenvalue weighted by Gasteiger charge is 2.08. The van der Waals surface area contributed by atoms with Gasteiger partial charge in [0.05, 0.1) is 0 Å². The molecule has 0 fully saturated rings. The molecule has 0 saturated carbocycles. The quantitative estimate of drug-likeness (QED) is 0.577. The average Bonchev–Trinajstić information content (AvgIpc) is 3.09. The number of anilines is 2. The molecule has 1 heterocycles. The second-order valence-corrected chi connectivity index (χ2v) is 4.84. The lowest BCUT2D eigenvalue weighted by Crippen LogP contribution is -2.19. The summed E-state index contributed by atoms with van der Waals surface area (Å²) < 4.78 is 0. The fraction of sp³-hybridized carbons (Fsp3) is 0. The van der Waals surface area contributed by atoms with E-state index in [-0.39, 0.29) is 5.91 Å². The van der Waals surface area contributed by atoms with Crippen LogP contribution in [0.25, 0.3) is 11.4 Å². The molecule has 0 aliphatic heterocycles. The monoisotopic (exact) mass is 323 g/mol. The van der Waals surface area contributed by atoms with Gasteiger partial charge in [0.1, 0.15) is 0 Å². The molecular formula is C15H13N7O2. The molecule has 0 spiro atoms. The number of carbonyl (C=O) groups is 2. The van der Waals surface area contributed by atoms with Crippen LogP contribution in [-0.4, -0.2) is 32.6 Å². The highest BCUT2D eigenvalue weighted by molar-refractivity contribution is 6.05. The number of amides is 3. The summed E-state index contributed by atoms with van der Waals surface area (Å²) >= 11 is 0. The smallest absolute Gasteiger partial charge is 0.316 e. The van der Waals surface area contributed by atoms with Gasteiger partial charge in [0, 0.05) is 22.5 Å². The molecule has 0 radical (unpaired) electrons. The van der Waals surface area contributed by atoms with Gasteiger partial charge < -0.3 is 16.4 Å². The Morgan fingerprint density at radius 3 is 2.46 bits per heavy atom. The zero-order valence-corrected chi connectivity index (χ0v) is 12.4. The summed E-state index contributed by atoms with van der Waals surface area (Å²) in [5.74, 6) is 0.161. The van der Waals surface area contributed by atoms with Gasteiger partial charge in [-0.05, 0) is 47.7 Å². The zero-order valence-electron chi connectivity index (χ0n) is 12.4. The van der Waals surface area contributed by atoms with Crippen LogP contribution >= 0.6 is 0 Å². The number of hydrogen-bond acceptors (Lipinski definition) is 5. The van der Waals surface area contributed by atoms with Crippen molar-refractivity contribution < 1.29 is 9.59 Å². The van der Waals surface area contributed by atoms with Gasteiger partial charge in [-0.3, -0.25) is 4.79 Å². The first-order valence-corrected chi connectivity index (χ1v) is 6.93. The summed E-state index contributed by atoms with van der Waals surface area (Å²) in [6, 6.07) is 12.8. The maximum absolute atomic E-state index is 12.3. The predicted molar refractivity (Wildman–Crippen MR) is 87.2 cm³/mol. The first-order chi connectivity index (χ1) is 11.6. The molecular weight excluding hydrogens is 310 g/mol. The molecule has 9 heteroatoms. The van der Waals surface area contributed by atoms with Gasteiger partial charge >= 0.3 is 6.03 Å². The number of rotatable bonds is 4. The third-order valence-electron chi connectivity index (χ3n) is 3.14. The summed E-state index contributed by atoms with van der Waals surface area (Å²) in [6.45, 7) is 0. The molecule has 3 aromatic rings. The van der Waals surface area contributed by atoms with Crippen molar-refractivity contribution in [2.24, 2.45) is 5.73 Å². The molecule has 120 valence electrons. The minimum atomic E-state index is -0.690. The van der Waals surface area contributed by atoms with Crippen LogP contribution in [0.4, 0.5) is 16.2 Å². The van der Waals surface area contributed by atoms with Crippen molar-refractivity contribution in [1.82, 2.24) is 20.6 Å². The standard InChI is InChI=1S/C15H13N7O2/c16-15(24)18-12-3-1-2-10(8-12)14(23)17-11-6-4-9(5-7-11)13-19-21-22-20-13/h1-8H,(H,17,23)(H3,16,18,24)(H,19,20,21,22).